The van der Waals surface area contributed by atoms with Crippen LogP contribution in [0.2, 0.25) is 0 Å². The minimum Gasteiger partial charge on any atom is -0.490 e. The third kappa shape index (κ3) is 1.87. The number of fused-ring (bicyclic) bond motifs is 1. The average Bonchev–Trinajstić information content (AvgIpc) is 2.17. The van der Waals surface area contributed by atoms with Gasteiger partial charge in [-0.15, -0.1) is 0 Å². The zero-order valence-electron chi connectivity index (χ0n) is 7.77. The molecule has 1 aliphatic rings. The van der Waals surface area contributed by atoms with Crippen molar-refractivity contribution in [2.24, 2.45) is 0 Å². The lowest BCUT2D eigenvalue weighted by atomic mass is 10.0. The number of carboxylic acids is 1. The molecule has 14 heavy (non-hydrogen) atoms. The molecule has 0 radical (unpaired) electrons. The smallest absolute Gasteiger partial charge is 0.307 e. The molecule has 1 aliphatic heterocycles. The summed E-state index contributed by atoms with van der Waals surface area (Å²) < 4.78 is 5.56. The number of ether oxygens (including phenoxy) is 1. The van der Waals surface area contributed by atoms with Crippen LogP contribution in [0.15, 0.2) is 24.3 Å². The first-order chi connectivity index (χ1) is 6.75. The van der Waals surface area contributed by atoms with E-state index in [1.54, 1.807) is 0 Å². The Balaban J connectivity index is 2.09. The normalized spacial score (nSPS) is 19.6. The van der Waals surface area contributed by atoms with E-state index in [-0.39, 0.29) is 12.5 Å². The molecule has 3 heteroatoms. The van der Waals surface area contributed by atoms with Crippen LogP contribution in [0.25, 0.3) is 0 Å². The van der Waals surface area contributed by atoms with Gasteiger partial charge in [-0.25, -0.2) is 0 Å². The second kappa shape index (κ2) is 3.70. The Morgan fingerprint density at radius 2 is 2.29 bits per heavy atom. The Hall–Kier alpha value is -1.51. The fourth-order valence-corrected chi connectivity index (χ4v) is 1.72. The number of carbonyl (C=O) groups is 1. The van der Waals surface area contributed by atoms with Crippen LogP contribution in [-0.4, -0.2) is 17.2 Å². The lowest BCUT2D eigenvalue weighted by Crippen LogP contribution is -2.25. The number of carboxylic acid groups (broad SMARTS) is 1. The van der Waals surface area contributed by atoms with Gasteiger partial charge < -0.3 is 9.84 Å². The van der Waals surface area contributed by atoms with Gasteiger partial charge in [-0.2, -0.15) is 0 Å². The van der Waals surface area contributed by atoms with Gasteiger partial charge in [0.05, 0.1) is 6.42 Å². The third-order valence-electron chi connectivity index (χ3n) is 2.40. The van der Waals surface area contributed by atoms with Crippen LogP contribution in [0, 0.1) is 0 Å². The highest BCUT2D eigenvalue weighted by molar-refractivity contribution is 5.67. The minimum absolute atomic E-state index is 0.0916. The molecule has 0 spiro atoms. The SMILES string of the molecule is O=C(O)C[C@H]1CCc2ccccc2O1. The Morgan fingerprint density at radius 3 is 3.07 bits per heavy atom. The first-order valence-electron chi connectivity index (χ1n) is 4.72. The van der Waals surface area contributed by atoms with Crippen molar-refractivity contribution in [2.45, 2.75) is 25.4 Å². The van der Waals surface area contributed by atoms with E-state index in [9.17, 15) is 4.79 Å². The number of para-hydroxylation sites is 1. The first-order valence-corrected chi connectivity index (χ1v) is 4.72. The molecule has 0 aromatic heterocycles. The van der Waals surface area contributed by atoms with Crippen LogP contribution in [-0.2, 0) is 11.2 Å². The second-order valence-corrected chi connectivity index (χ2v) is 3.48. The maximum Gasteiger partial charge on any atom is 0.307 e. The maximum absolute atomic E-state index is 10.5. The molecular formula is C11H12O3. The molecule has 0 unspecified atom stereocenters. The molecule has 1 aromatic rings. The van der Waals surface area contributed by atoms with Crippen molar-refractivity contribution >= 4 is 5.97 Å². The van der Waals surface area contributed by atoms with Crippen LogP contribution in [0.4, 0.5) is 0 Å². The summed E-state index contributed by atoms with van der Waals surface area (Å²) in [5, 5.41) is 8.63. The molecule has 74 valence electrons. The molecule has 0 fully saturated rings. The molecule has 0 saturated carbocycles. The summed E-state index contributed by atoms with van der Waals surface area (Å²) in [7, 11) is 0. The summed E-state index contributed by atoms with van der Waals surface area (Å²) in [6, 6.07) is 7.79. The Labute approximate surface area is 82.3 Å². The molecule has 3 nitrogen and oxygen atoms in total. The molecular weight excluding hydrogens is 180 g/mol. The number of hydrogen-bond acceptors (Lipinski definition) is 2. The van der Waals surface area contributed by atoms with Gasteiger partial charge in [0.2, 0.25) is 0 Å². The second-order valence-electron chi connectivity index (χ2n) is 3.48. The van der Waals surface area contributed by atoms with Crippen LogP contribution < -0.4 is 4.74 Å². The molecule has 0 amide bonds. The van der Waals surface area contributed by atoms with E-state index in [2.05, 4.69) is 0 Å². The summed E-state index contributed by atoms with van der Waals surface area (Å²) in [5.74, 6) is 0.0411. The van der Waals surface area contributed by atoms with E-state index in [0.717, 1.165) is 18.6 Å². The highest BCUT2D eigenvalue weighted by atomic mass is 16.5. The number of aliphatic carboxylic acids is 1. The van der Waals surface area contributed by atoms with Gasteiger partial charge in [0.1, 0.15) is 11.9 Å². The first kappa shape index (κ1) is 9.06. The van der Waals surface area contributed by atoms with E-state index >= 15 is 0 Å². The lowest BCUT2D eigenvalue weighted by molar-refractivity contribution is -0.139. The van der Waals surface area contributed by atoms with Crippen molar-refractivity contribution < 1.29 is 14.6 Å². The summed E-state index contributed by atoms with van der Waals surface area (Å²) in [4.78, 5) is 10.5. The van der Waals surface area contributed by atoms with Crippen molar-refractivity contribution in [3.8, 4) is 5.75 Å². The number of hydrogen-bond donors (Lipinski definition) is 1. The zero-order valence-corrected chi connectivity index (χ0v) is 7.77. The molecule has 1 N–H and O–H groups in total. The van der Waals surface area contributed by atoms with E-state index in [1.807, 2.05) is 24.3 Å². The summed E-state index contributed by atoms with van der Waals surface area (Å²) in [5.41, 5.74) is 1.18. The largest absolute Gasteiger partial charge is 0.490 e. The molecule has 2 rings (SSSR count). The van der Waals surface area contributed by atoms with Crippen molar-refractivity contribution in [2.75, 3.05) is 0 Å². The number of rotatable bonds is 2. The molecule has 1 aromatic carbocycles. The fourth-order valence-electron chi connectivity index (χ4n) is 1.72. The predicted octanol–water partition coefficient (Wildman–Crippen LogP) is 1.85. The zero-order chi connectivity index (χ0) is 9.97. The summed E-state index contributed by atoms with van der Waals surface area (Å²) in [6.07, 6.45) is 1.63. The van der Waals surface area contributed by atoms with Crippen LogP contribution >= 0.6 is 0 Å². The van der Waals surface area contributed by atoms with Gasteiger partial charge >= 0.3 is 5.97 Å². The summed E-state index contributed by atoms with van der Waals surface area (Å²) in [6.45, 7) is 0. The van der Waals surface area contributed by atoms with Crippen LogP contribution in [0.1, 0.15) is 18.4 Å². The van der Waals surface area contributed by atoms with E-state index in [0.29, 0.717) is 0 Å². The van der Waals surface area contributed by atoms with Gasteiger partial charge in [-0.1, -0.05) is 18.2 Å². The highest BCUT2D eigenvalue weighted by Crippen LogP contribution is 2.27. The molecule has 0 saturated heterocycles. The van der Waals surface area contributed by atoms with E-state index in [1.165, 1.54) is 5.56 Å². The molecule has 0 aliphatic carbocycles. The van der Waals surface area contributed by atoms with Gasteiger partial charge in [0.15, 0.2) is 0 Å². The van der Waals surface area contributed by atoms with E-state index in [4.69, 9.17) is 9.84 Å². The van der Waals surface area contributed by atoms with Gasteiger partial charge in [0.25, 0.3) is 0 Å². The molecule has 1 atom stereocenters. The lowest BCUT2D eigenvalue weighted by Gasteiger charge is -2.24. The summed E-state index contributed by atoms with van der Waals surface area (Å²) >= 11 is 0. The van der Waals surface area contributed by atoms with Gasteiger partial charge in [-0.3, -0.25) is 4.79 Å². The number of aryl methyl sites for hydroxylation is 1. The van der Waals surface area contributed by atoms with Crippen LogP contribution in [0.3, 0.4) is 0 Å². The Kier molecular flexibility index (Phi) is 2.39. The van der Waals surface area contributed by atoms with Gasteiger partial charge in [0, 0.05) is 0 Å². The molecule has 1 heterocycles. The third-order valence-corrected chi connectivity index (χ3v) is 2.40. The highest BCUT2D eigenvalue weighted by Gasteiger charge is 2.21. The molecule has 0 bridgehead atoms. The average molecular weight is 192 g/mol. The Bertz CT molecular complexity index is 346. The fraction of sp³-hybridized carbons (Fsp3) is 0.364. The van der Waals surface area contributed by atoms with Crippen LogP contribution in [0.5, 0.6) is 5.75 Å². The van der Waals surface area contributed by atoms with Crippen molar-refractivity contribution in [1.29, 1.82) is 0 Å². The van der Waals surface area contributed by atoms with Crippen molar-refractivity contribution in [3.63, 3.8) is 0 Å². The van der Waals surface area contributed by atoms with Gasteiger partial charge in [-0.05, 0) is 24.5 Å². The van der Waals surface area contributed by atoms with E-state index < -0.39 is 5.97 Å². The van der Waals surface area contributed by atoms with Crippen molar-refractivity contribution in [1.82, 2.24) is 0 Å². The standard InChI is InChI=1S/C11H12O3/c12-11(13)7-9-6-5-8-3-1-2-4-10(8)14-9/h1-4,9H,5-7H2,(H,12,13)/t9-/m1/s1. The quantitative estimate of drug-likeness (QED) is 0.777. The van der Waals surface area contributed by atoms with Crippen molar-refractivity contribution in [3.05, 3.63) is 29.8 Å². The minimum atomic E-state index is -0.797. The predicted molar refractivity (Wildman–Crippen MR) is 51.4 cm³/mol. The Morgan fingerprint density at radius 1 is 1.50 bits per heavy atom. The topological polar surface area (TPSA) is 46.5 Å². The maximum atomic E-state index is 10.5. The monoisotopic (exact) mass is 192 g/mol. The number of benzene rings is 1.